The van der Waals surface area contributed by atoms with E-state index >= 15 is 0 Å². The molecule has 0 atom stereocenters. The van der Waals surface area contributed by atoms with Crippen molar-refractivity contribution in [1.29, 1.82) is 0 Å². The number of rotatable bonds is 5. The molecule has 0 saturated heterocycles. The number of nitrogens with one attached hydrogen (secondary N) is 1. The molecule has 164 valence electrons. The maximum atomic E-state index is 13.0. The number of anilines is 1. The van der Waals surface area contributed by atoms with Gasteiger partial charge in [-0.3, -0.25) is 25.0 Å². The highest BCUT2D eigenvalue weighted by molar-refractivity contribution is 7.90. The molecule has 0 bridgehead atoms. The van der Waals surface area contributed by atoms with Crippen LogP contribution in [0.3, 0.4) is 0 Å². The van der Waals surface area contributed by atoms with E-state index < -0.39 is 25.6 Å². The van der Waals surface area contributed by atoms with Crippen molar-refractivity contribution in [3.63, 3.8) is 0 Å². The summed E-state index contributed by atoms with van der Waals surface area (Å²) in [5, 5.41) is 29.0. The molecule has 1 N–H and O–H groups in total. The van der Waals surface area contributed by atoms with Gasteiger partial charge in [-0.1, -0.05) is 6.07 Å². The van der Waals surface area contributed by atoms with E-state index in [1.807, 2.05) is 0 Å². The van der Waals surface area contributed by atoms with Crippen molar-refractivity contribution in [3.8, 4) is 5.69 Å². The summed E-state index contributed by atoms with van der Waals surface area (Å²) in [4.78, 5) is 33.9. The normalized spacial score (nSPS) is 14.0. The van der Waals surface area contributed by atoms with E-state index in [0.29, 0.717) is 11.3 Å². The quantitative estimate of drug-likeness (QED) is 0.450. The zero-order valence-electron chi connectivity index (χ0n) is 16.5. The lowest BCUT2D eigenvalue weighted by molar-refractivity contribution is -0.385. The fraction of sp³-hybridized carbons (Fsp3) is 0.158. The van der Waals surface area contributed by atoms with Crippen molar-refractivity contribution in [2.45, 2.75) is 18.4 Å². The number of nitro groups is 2. The van der Waals surface area contributed by atoms with Crippen molar-refractivity contribution in [2.24, 2.45) is 0 Å². The van der Waals surface area contributed by atoms with Crippen LogP contribution in [0.4, 0.5) is 17.2 Å². The number of carbonyl (C=O) groups excluding carboxylic acids is 1. The first-order valence-corrected chi connectivity index (χ1v) is 11.0. The maximum absolute atomic E-state index is 13.0. The highest BCUT2D eigenvalue weighted by Crippen LogP contribution is 2.34. The molecule has 12 nitrogen and oxygen atoms in total. The average molecular weight is 457 g/mol. The number of non-ortho nitro benzene ring substituents is 1. The lowest BCUT2D eigenvalue weighted by Crippen LogP contribution is -2.18. The second kappa shape index (κ2) is 7.53. The van der Waals surface area contributed by atoms with Crippen LogP contribution < -0.4 is 5.32 Å². The number of nitro benzene ring substituents is 2. The van der Waals surface area contributed by atoms with Crippen LogP contribution in [0.1, 0.15) is 27.2 Å². The highest BCUT2D eigenvalue weighted by Gasteiger charge is 2.33. The van der Waals surface area contributed by atoms with Crippen LogP contribution in [0, 0.1) is 27.2 Å². The lowest BCUT2D eigenvalue weighted by atomic mass is 10.1. The molecule has 0 radical (unpaired) electrons. The molecule has 32 heavy (non-hydrogen) atoms. The fourth-order valence-electron chi connectivity index (χ4n) is 3.52. The third-order valence-electron chi connectivity index (χ3n) is 5.07. The number of benzene rings is 2. The second-order valence-electron chi connectivity index (χ2n) is 7.15. The van der Waals surface area contributed by atoms with Gasteiger partial charge in [-0.15, -0.1) is 0 Å². The molecule has 0 aliphatic carbocycles. The smallest absolute Gasteiger partial charge is 0.273 e. The van der Waals surface area contributed by atoms with Gasteiger partial charge in [-0.05, 0) is 25.1 Å². The van der Waals surface area contributed by atoms with Crippen LogP contribution in [0.25, 0.3) is 5.69 Å². The average Bonchev–Trinajstić information content (AvgIpc) is 3.20. The summed E-state index contributed by atoms with van der Waals surface area (Å²) < 4.78 is 25.5. The Morgan fingerprint density at radius 3 is 2.38 bits per heavy atom. The van der Waals surface area contributed by atoms with Gasteiger partial charge >= 0.3 is 0 Å². The molecule has 1 aromatic heterocycles. The molecule has 0 spiro atoms. The summed E-state index contributed by atoms with van der Waals surface area (Å²) in [5.41, 5.74) is 0.761. The Morgan fingerprint density at radius 2 is 1.75 bits per heavy atom. The third-order valence-corrected chi connectivity index (χ3v) is 6.51. The third kappa shape index (κ3) is 3.69. The minimum atomic E-state index is -3.43. The molecule has 4 rings (SSSR count). The van der Waals surface area contributed by atoms with Crippen molar-refractivity contribution in [3.05, 3.63) is 85.1 Å². The Hall–Kier alpha value is -4.13. The molecular weight excluding hydrogens is 442 g/mol. The standard InChI is InChI=1S/C19H15N5O7S/c1-11-14(3-2-4-17(11)24(28)29)19(25)20-18-15-9-32(30,31)10-16(15)21-22(18)12-5-7-13(8-6-12)23(26)27/h2-8H,9-10H2,1H3,(H,20,25). The first kappa shape index (κ1) is 21.1. The summed E-state index contributed by atoms with van der Waals surface area (Å²) in [6.07, 6.45) is 0. The van der Waals surface area contributed by atoms with Crippen LogP contribution >= 0.6 is 0 Å². The SMILES string of the molecule is Cc1c(C(=O)Nc2c3c(nn2-c2ccc([N+](=O)[O-])cc2)CS(=O)(=O)C3)cccc1[N+](=O)[O-]. The molecule has 1 aliphatic rings. The summed E-state index contributed by atoms with van der Waals surface area (Å²) >= 11 is 0. The zero-order chi connectivity index (χ0) is 23.2. The fourth-order valence-corrected chi connectivity index (χ4v) is 5.01. The Bertz CT molecular complexity index is 1390. The number of hydrogen-bond donors (Lipinski definition) is 1. The number of aromatic nitrogens is 2. The van der Waals surface area contributed by atoms with E-state index in [-0.39, 0.29) is 45.5 Å². The van der Waals surface area contributed by atoms with Gasteiger partial charge in [0.2, 0.25) is 0 Å². The molecule has 1 aliphatic heterocycles. The van der Waals surface area contributed by atoms with Gasteiger partial charge in [-0.2, -0.15) is 5.10 Å². The number of carbonyl (C=O) groups is 1. The summed E-state index contributed by atoms with van der Waals surface area (Å²) in [7, 11) is -3.43. The molecule has 13 heteroatoms. The first-order chi connectivity index (χ1) is 15.1. The van der Waals surface area contributed by atoms with E-state index in [0.717, 1.165) is 0 Å². The van der Waals surface area contributed by atoms with Crippen LogP contribution in [0.15, 0.2) is 42.5 Å². The van der Waals surface area contributed by atoms with Crippen LogP contribution in [-0.4, -0.2) is 34.0 Å². The molecule has 1 amide bonds. The van der Waals surface area contributed by atoms with Crippen LogP contribution in [0.2, 0.25) is 0 Å². The van der Waals surface area contributed by atoms with Crippen molar-refractivity contribution >= 4 is 32.9 Å². The van der Waals surface area contributed by atoms with Gasteiger partial charge in [0.05, 0.1) is 32.7 Å². The Balaban J connectivity index is 1.78. The van der Waals surface area contributed by atoms with Crippen LogP contribution in [-0.2, 0) is 21.3 Å². The predicted octanol–water partition coefficient (Wildman–Crippen LogP) is 2.68. The zero-order valence-corrected chi connectivity index (χ0v) is 17.3. The molecule has 3 aromatic rings. The summed E-state index contributed by atoms with van der Waals surface area (Å²) in [5.74, 6) is -1.23. The van der Waals surface area contributed by atoms with Gasteiger partial charge in [0, 0.05) is 34.9 Å². The first-order valence-electron chi connectivity index (χ1n) is 9.19. The largest absolute Gasteiger partial charge is 0.306 e. The van der Waals surface area contributed by atoms with Crippen molar-refractivity contribution in [1.82, 2.24) is 9.78 Å². The minimum Gasteiger partial charge on any atom is -0.306 e. The summed E-state index contributed by atoms with van der Waals surface area (Å²) in [6.45, 7) is 1.44. The van der Waals surface area contributed by atoms with Gasteiger partial charge in [-0.25, -0.2) is 13.1 Å². The summed E-state index contributed by atoms with van der Waals surface area (Å²) in [6, 6.07) is 9.43. The topological polar surface area (TPSA) is 167 Å². The van der Waals surface area contributed by atoms with E-state index in [4.69, 9.17) is 0 Å². The number of sulfone groups is 1. The molecule has 2 aromatic carbocycles. The Kier molecular flexibility index (Phi) is 4.97. The van der Waals surface area contributed by atoms with Crippen molar-refractivity contribution in [2.75, 3.05) is 5.32 Å². The monoisotopic (exact) mass is 457 g/mol. The van der Waals surface area contributed by atoms with Crippen molar-refractivity contribution < 1.29 is 23.1 Å². The molecule has 2 heterocycles. The number of nitrogens with zero attached hydrogens (tertiary/aromatic N) is 4. The van der Waals surface area contributed by atoms with E-state index in [9.17, 15) is 33.4 Å². The Morgan fingerprint density at radius 1 is 1.06 bits per heavy atom. The maximum Gasteiger partial charge on any atom is 0.273 e. The molecule has 0 fully saturated rings. The van der Waals surface area contributed by atoms with E-state index in [1.54, 1.807) is 0 Å². The minimum absolute atomic E-state index is 0.0465. The van der Waals surface area contributed by atoms with Gasteiger partial charge in [0.25, 0.3) is 17.3 Å². The number of fused-ring (bicyclic) bond motifs is 1. The Labute approximate surface area is 180 Å². The number of amides is 1. The van der Waals surface area contributed by atoms with Gasteiger partial charge in [0.15, 0.2) is 9.84 Å². The highest BCUT2D eigenvalue weighted by atomic mass is 32.2. The second-order valence-corrected chi connectivity index (χ2v) is 9.22. The lowest BCUT2D eigenvalue weighted by Gasteiger charge is -2.12. The van der Waals surface area contributed by atoms with Crippen LogP contribution in [0.5, 0.6) is 0 Å². The molecular formula is C19H15N5O7S. The van der Waals surface area contributed by atoms with Gasteiger partial charge < -0.3 is 5.32 Å². The van der Waals surface area contributed by atoms with E-state index in [2.05, 4.69) is 10.4 Å². The predicted molar refractivity (Wildman–Crippen MR) is 112 cm³/mol. The van der Waals surface area contributed by atoms with E-state index in [1.165, 1.54) is 54.1 Å². The number of hydrogen-bond acceptors (Lipinski definition) is 8. The molecule has 0 unspecified atom stereocenters. The van der Waals surface area contributed by atoms with Gasteiger partial charge in [0.1, 0.15) is 5.82 Å². The molecule has 0 saturated carbocycles.